The summed E-state index contributed by atoms with van der Waals surface area (Å²) in [5.74, 6) is 3.51. The first kappa shape index (κ1) is 8.69. The summed E-state index contributed by atoms with van der Waals surface area (Å²) < 4.78 is 11.0. The standard InChI is InChI=1S/C9H8BBrO2/c11-7-3-6-10-12-8-4-1-2-5-9(8)13-10/h1-6H,7H2/b6-3+. The van der Waals surface area contributed by atoms with Crippen molar-refractivity contribution in [2.45, 2.75) is 0 Å². The Labute approximate surface area is 85.8 Å². The normalized spacial score (nSPS) is 14.1. The minimum atomic E-state index is -0.269. The molecule has 0 saturated carbocycles. The zero-order valence-electron chi connectivity index (χ0n) is 6.94. The number of fused-ring (bicyclic) bond motifs is 1. The third-order valence-corrected chi connectivity index (χ3v) is 2.09. The topological polar surface area (TPSA) is 18.5 Å². The number of rotatable bonds is 2. The summed E-state index contributed by atoms with van der Waals surface area (Å²) in [5, 5.41) is 0.812. The lowest BCUT2D eigenvalue weighted by molar-refractivity contribution is 0.517. The number of halogens is 1. The molecule has 0 aromatic heterocycles. The third-order valence-electron chi connectivity index (χ3n) is 1.72. The van der Waals surface area contributed by atoms with Gasteiger partial charge in [-0.3, -0.25) is 0 Å². The van der Waals surface area contributed by atoms with Crippen LogP contribution >= 0.6 is 15.9 Å². The van der Waals surface area contributed by atoms with E-state index in [9.17, 15) is 0 Å². The highest BCUT2D eigenvalue weighted by atomic mass is 79.9. The van der Waals surface area contributed by atoms with Crippen LogP contribution in [0.25, 0.3) is 0 Å². The lowest BCUT2D eigenvalue weighted by Crippen LogP contribution is -2.21. The van der Waals surface area contributed by atoms with Crippen LogP contribution in [0.1, 0.15) is 0 Å². The summed E-state index contributed by atoms with van der Waals surface area (Å²) >= 11 is 3.29. The van der Waals surface area contributed by atoms with Gasteiger partial charge in [0.25, 0.3) is 0 Å². The van der Waals surface area contributed by atoms with Crippen molar-refractivity contribution >= 4 is 23.0 Å². The number of hydrogen-bond donors (Lipinski definition) is 0. The predicted molar refractivity (Wildman–Crippen MR) is 56.4 cm³/mol. The number of benzene rings is 1. The van der Waals surface area contributed by atoms with E-state index >= 15 is 0 Å². The maximum Gasteiger partial charge on any atom is 0.624 e. The molecule has 2 rings (SSSR count). The molecule has 66 valence electrons. The summed E-state index contributed by atoms with van der Waals surface area (Å²) in [6.07, 6.45) is 1.95. The summed E-state index contributed by atoms with van der Waals surface area (Å²) in [6, 6.07) is 7.66. The molecule has 0 saturated heterocycles. The van der Waals surface area contributed by atoms with Crippen molar-refractivity contribution in [3.8, 4) is 11.5 Å². The van der Waals surface area contributed by atoms with E-state index in [1.165, 1.54) is 0 Å². The molecule has 0 unspecified atom stereocenters. The molecular weight excluding hydrogens is 231 g/mol. The van der Waals surface area contributed by atoms with Crippen molar-refractivity contribution in [1.29, 1.82) is 0 Å². The Morgan fingerprint density at radius 1 is 1.23 bits per heavy atom. The van der Waals surface area contributed by atoms with E-state index in [0.717, 1.165) is 16.8 Å². The molecule has 1 aliphatic heterocycles. The van der Waals surface area contributed by atoms with Crippen LogP contribution in [0, 0.1) is 0 Å². The van der Waals surface area contributed by atoms with Crippen molar-refractivity contribution in [3.05, 3.63) is 36.3 Å². The van der Waals surface area contributed by atoms with Crippen molar-refractivity contribution in [2.24, 2.45) is 0 Å². The molecule has 0 spiro atoms. The molecular formula is C9H8BBrO2. The van der Waals surface area contributed by atoms with Crippen LogP contribution in [0.3, 0.4) is 0 Å². The van der Waals surface area contributed by atoms with E-state index in [0.29, 0.717) is 0 Å². The molecule has 0 atom stereocenters. The largest absolute Gasteiger partial charge is 0.624 e. The number of alkyl halides is 1. The average Bonchev–Trinajstić information content (AvgIpc) is 2.57. The van der Waals surface area contributed by atoms with Gasteiger partial charge in [-0.15, -0.1) is 0 Å². The lowest BCUT2D eigenvalue weighted by atomic mass is 9.91. The van der Waals surface area contributed by atoms with Gasteiger partial charge < -0.3 is 9.31 Å². The van der Waals surface area contributed by atoms with Gasteiger partial charge in [0.2, 0.25) is 0 Å². The van der Waals surface area contributed by atoms with Crippen molar-refractivity contribution in [1.82, 2.24) is 0 Å². The van der Waals surface area contributed by atoms with Crippen LogP contribution in [0.2, 0.25) is 0 Å². The summed E-state index contributed by atoms with van der Waals surface area (Å²) in [5.41, 5.74) is 0. The van der Waals surface area contributed by atoms with Gasteiger partial charge in [0, 0.05) is 5.33 Å². The van der Waals surface area contributed by atoms with Crippen LogP contribution in [0.5, 0.6) is 11.5 Å². The number of para-hydroxylation sites is 2. The molecule has 1 aromatic rings. The molecule has 0 amide bonds. The monoisotopic (exact) mass is 238 g/mol. The Hall–Kier alpha value is -0.895. The van der Waals surface area contributed by atoms with Crippen LogP contribution in [-0.2, 0) is 0 Å². The highest BCUT2D eigenvalue weighted by Gasteiger charge is 2.28. The molecule has 0 fully saturated rings. The second kappa shape index (κ2) is 3.88. The molecule has 0 aliphatic carbocycles. The molecule has 1 heterocycles. The highest BCUT2D eigenvalue weighted by molar-refractivity contribution is 9.09. The smallest absolute Gasteiger partial charge is 0.520 e. The maximum absolute atomic E-state index is 5.48. The van der Waals surface area contributed by atoms with Gasteiger partial charge in [-0.25, -0.2) is 0 Å². The van der Waals surface area contributed by atoms with E-state index in [1.54, 1.807) is 0 Å². The fourth-order valence-electron chi connectivity index (χ4n) is 1.16. The zero-order chi connectivity index (χ0) is 9.10. The Kier molecular flexibility index (Phi) is 2.59. The first-order valence-electron chi connectivity index (χ1n) is 4.05. The second-order valence-corrected chi connectivity index (χ2v) is 3.28. The van der Waals surface area contributed by atoms with Gasteiger partial charge in [-0.05, 0) is 18.1 Å². The van der Waals surface area contributed by atoms with E-state index < -0.39 is 0 Å². The van der Waals surface area contributed by atoms with E-state index in [-0.39, 0.29) is 7.12 Å². The number of hydrogen-bond acceptors (Lipinski definition) is 2. The fraction of sp³-hybridized carbons (Fsp3) is 0.111. The minimum absolute atomic E-state index is 0.269. The maximum atomic E-state index is 5.48. The van der Waals surface area contributed by atoms with Crippen LogP contribution in [0.15, 0.2) is 36.3 Å². The van der Waals surface area contributed by atoms with Gasteiger partial charge in [-0.1, -0.05) is 34.1 Å². The first-order chi connectivity index (χ1) is 6.40. The Morgan fingerprint density at radius 2 is 1.85 bits per heavy atom. The summed E-state index contributed by atoms with van der Waals surface area (Å²) in [6.45, 7) is 0. The SMILES string of the molecule is BrC/C=C/B1Oc2ccccc2O1. The highest BCUT2D eigenvalue weighted by Crippen LogP contribution is 2.32. The van der Waals surface area contributed by atoms with Gasteiger partial charge in [0.05, 0.1) is 0 Å². The van der Waals surface area contributed by atoms with E-state index in [1.807, 2.05) is 36.3 Å². The zero-order valence-corrected chi connectivity index (χ0v) is 8.53. The van der Waals surface area contributed by atoms with Crippen LogP contribution in [0.4, 0.5) is 0 Å². The molecule has 0 N–H and O–H groups in total. The molecule has 2 nitrogen and oxygen atoms in total. The molecule has 1 aromatic carbocycles. The van der Waals surface area contributed by atoms with Crippen molar-refractivity contribution < 1.29 is 9.31 Å². The Bertz CT molecular complexity index is 302. The van der Waals surface area contributed by atoms with Gasteiger partial charge in [0.15, 0.2) is 0 Å². The number of allylic oxidation sites excluding steroid dienone is 1. The molecule has 1 aliphatic rings. The Morgan fingerprint density at radius 3 is 2.38 bits per heavy atom. The van der Waals surface area contributed by atoms with Crippen molar-refractivity contribution in [3.63, 3.8) is 0 Å². The fourth-order valence-corrected chi connectivity index (χ4v) is 1.38. The van der Waals surface area contributed by atoms with E-state index in [4.69, 9.17) is 9.31 Å². The quantitative estimate of drug-likeness (QED) is 0.582. The average molecular weight is 239 g/mol. The Balaban J connectivity index is 2.09. The van der Waals surface area contributed by atoms with Gasteiger partial charge >= 0.3 is 7.12 Å². The van der Waals surface area contributed by atoms with Crippen molar-refractivity contribution in [2.75, 3.05) is 5.33 Å². The first-order valence-corrected chi connectivity index (χ1v) is 5.17. The summed E-state index contributed by atoms with van der Waals surface area (Å²) in [4.78, 5) is 0. The second-order valence-electron chi connectivity index (χ2n) is 2.63. The lowest BCUT2D eigenvalue weighted by Gasteiger charge is -1.96. The van der Waals surface area contributed by atoms with Crippen LogP contribution in [-0.4, -0.2) is 12.4 Å². The van der Waals surface area contributed by atoms with Gasteiger partial charge in [0.1, 0.15) is 11.5 Å². The molecule has 0 bridgehead atoms. The van der Waals surface area contributed by atoms with Gasteiger partial charge in [-0.2, -0.15) is 0 Å². The molecule has 0 radical (unpaired) electrons. The minimum Gasteiger partial charge on any atom is -0.520 e. The summed E-state index contributed by atoms with van der Waals surface area (Å²) in [7, 11) is -0.269. The van der Waals surface area contributed by atoms with E-state index in [2.05, 4.69) is 15.9 Å². The predicted octanol–water partition coefficient (Wildman–Crippen LogP) is 2.44. The third kappa shape index (κ3) is 1.88. The molecule has 13 heavy (non-hydrogen) atoms. The molecule has 4 heteroatoms. The van der Waals surface area contributed by atoms with Crippen LogP contribution < -0.4 is 9.31 Å².